The zero-order chi connectivity index (χ0) is 19.5. The van der Waals surface area contributed by atoms with Gasteiger partial charge in [-0.15, -0.1) is 0 Å². The molecule has 1 aliphatic rings. The molecule has 1 aromatic rings. The minimum absolute atomic E-state index is 0.0449. The van der Waals surface area contributed by atoms with Gasteiger partial charge in [-0.3, -0.25) is 9.69 Å². The van der Waals surface area contributed by atoms with Crippen molar-refractivity contribution in [1.82, 2.24) is 10.2 Å². The Labute approximate surface area is 157 Å². The van der Waals surface area contributed by atoms with Gasteiger partial charge in [-0.1, -0.05) is 39.8 Å². The van der Waals surface area contributed by atoms with E-state index in [0.717, 1.165) is 18.8 Å². The van der Waals surface area contributed by atoms with E-state index in [4.69, 9.17) is 0 Å². The fourth-order valence-electron chi connectivity index (χ4n) is 3.13. The summed E-state index contributed by atoms with van der Waals surface area (Å²) >= 11 is 0. The lowest BCUT2D eigenvalue weighted by atomic mass is 9.90. The van der Waals surface area contributed by atoms with Crippen molar-refractivity contribution in [3.63, 3.8) is 0 Å². The number of nitrogens with one attached hydrogen (secondary N) is 2. The lowest BCUT2D eigenvalue weighted by Crippen LogP contribution is -2.50. The molecule has 2 unspecified atom stereocenters. The van der Waals surface area contributed by atoms with Crippen LogP contribution in [0.5, 0.6) is 0 Å². The Morgan fingerprint density at radius 3 is 2.54 bits per heavy atom. The number of nitrogens with zero attached hydrogens (tertiary/aromatic N) is 2. The van der Waals surface area contributed by atoms with Crippen LogP contribution in [0.3, 0.4) is 0 Å². The van der Waals surface area contributed by atoms with Crippen LogP contribution in [0, 0.1) is 23.2 Å². The number of hydrogen-bond donors (Lipinski definition) is 2. The molecule has 26 heavy (non-hydrogen) atoms. The Balaban J connectivity index is 2.02. The van der Waals surface area contributed by atoms with Crippen molar-refractivity contribution in [2.45, 2.75) is 66.2 Å². The first-order chi connectivity index (χ1) is 12.2. The molecule has 1 heterocycles. The van der Waals surface area contributed by atoms with Crippen LogP contribution >= 0.6 is 0 Å². The van der Waals surface area contributed by atoms with Crippen molar-refractivity contribution in [1.29, 1.82) is 5.26 Å². The molecule has 0 saturated heterocycles. The summed E-state index contributed by atoms with van der Waals surface area (Å²) < 4.78 is 0. The third kappa shape index (κ3) is 4.37. The van der Waals surface area contributed by atoms with Crippen molar-refractivity contribution in [3.05, 3.63) is 29.3 Å². The SMILES string of the molecule is CC(C)C(C)N1Cc2cccc(NCC(=O)NC(C)(C#N)C(C)C)c2C1. The number of fused-ring (bicyclic) bond motifs is 1. The Morgan fingerprint density at radius 1 is 1.27 bits per heavy atom. The lowest BCUT2D eigenvalue weighted by Gasteiger charge is -2.27. The number of rotatable bonds is 7. The average molecular weight is 357 g/mol. The van der Waals surface area contributed by atoms with E-state index in [1.165, 1.54) is 11.1 Å². The summed E-state index contributed by atoms with van der Waals surface area (Å²) in [4.78, 5) is 14.8. The molecule has 0 saturated carbocycles. The molecule has 0 bridgehead atoms. The largest absolute Gasteiger partial charge is 0.376 e. The summed E-state index contributed by atoms with van der Waals surface area (Å²) in [7, 11) is 0. The molecular weight excluding hydrogens is 324 g/mol. The average Bonchev–Trinajstić information content (AvgIpc) is 3.03. The third-order valence-electron chi connectivity index (χ3n) is 5.77. The quantitative estimate of drug-likeness (QED) is 0.784. The Hall–Kier alpha value is -2.06. The number of amides is 1. The van der Waals surface area contributed by atoms with Gasteiger partial charge in [-0.25, -0.2) is 0 Å². The molecule has 2 atom stereocenters. The van der Waals surface area contributed by atoms with E-state index < -0.39 is 5.54 Å². The molecule has 2 N–H and O–H groups in total. The van der Waals surface area contributed by atoms with Crippen LogP contribution in [0.15, 0.2) is 18.2 Å². The Kier molecular flexibility index (Phi) is 6.30. The highest BCUT2D eigenvalue weighted by Crippen LogP contribution is 2.31. The standard InChI is InChI=1S/C21H32N4O/c1-14(2)16(5)25-11-17-8-7-9-19(18(17)12-25)23-10-20(26)24-21(6,13-22)15(3)4/h7-9,14-16,23H,10-12H2,1-6H3,(H,24,26). The molecule has 1 aliphatic heterocycles. The predicted octanol–water partition coefficient (Wildman–Crippen LogP) is 3.51. The van der Waals surface area contributed by atoms with Gasteiger partial charge in [-0.05, 0) is 42.9 Å². The van der Waals surface area contributed by atoms with Crippen molar-refractivity contribution in [2.75, 3.05) is 11.9 Å². The molecule has 0 radical (unpaired) electrons. The number of benzene rings is 1. The molecule has 1 amide bonds. The highest BCUT2D eigenvalue weighted by Gasteiger charge is 2.30. The minimum Gasteiger partial charge on any atom is -0.376 e. The number of nitriles is 1. The molecule has 1 aromatic carbocycles. The van der Waals surface area contributed by atoms with Crippen molar-refractivity contribution in [3.8, 4) is 6.07 Å². The fraction of sp³-hybridized carbons (Fsp3) is 0.619. The number of carbonyl (C=O) groups is 1. The van der Waals surface area contributed by atoms with E-state index in [0.29, 0.717) is 12.0 Å². The van der Waals surface area contributed by atoms with E-state index in [-0.39, 0.29) is 18.4 Å². The molecule has 0 aliphatic carbocycles. The van der Waals surface area contributed by atoms with Crippen molar-refractivity contribution in [2.24, 2.45) is 11.8 Å². The maximum Gasteiger partial charge on any atom is 0.240 e. The smallest absolute Gasteiger partial charge is 0.240 e. The Bertz CT molecular complexity index is 692. The van der Waals surface area contributed by atoms with Crippen LogP contribution in [-0.2, 0) is 17.9 Å². The van der Waals surface area contributed by atoms with Gasteiger partial charge in [0, 0.05) is 24.8 Å². The van der Waals surface area contributed by atoms with Crippen molar-refractivity contribution >= 4 is 11.6 Å². The molecule has 5 heteroatoms. The van der Waals surface area contributed by atoms with E-state index in [2.05, 4.69) is 48.4 Å². The molecule has 0 spiro atoms. The Morgan fingerprint density at radius 2 is 1.96 bits per heavy atom. The van der Waals surface area contributed by atoms with E-state index in [1.54, 1.807) is 6.92 Å². The van der Waals surface area contributed by atoms with Gasteiger partial charge in [0.2, 0.25) is 5.91 Å². The summed E-state index contributed by atoms with van der Waals surface area (Å²) in [5, 5.41) is 15.5. The van der Waals surface area contributed by atoms with Gasteiger partial charge in [0.05, 0.1) is 12.6 Å². The number of carbonyl (C=O) groups excluding carboxylic acids is 1. The topological polar surface area (TPSA) is 68.2 Å². The van der Waals surface area contributed by atoms with Crippen LogP contribution in [0.2, 0.25) is 0 Å². The summed E-state index contributed by atoms with van der Waals surface area (Å²) in [5.74, 6) is 0.487. The maximum atomic E-state index is 12.3. The second-order valence-corrected chi connectivity index (χ2v) is 8.20. The summed E-state index contributed by atoms with van der Waals surface area (Å²) in [5.41, 5.74) is 2.77. The number of hydrogen-bond acceptors (Lipinski definition) is 4. The van der Waals surface area contributed by atoms with Gasteiger partial charge in [0.1, 0.15) is 5.54 Å². The van der Waals surface area contributed by atoms with Gasteiger partial charge >= 0.3 is 0 Å². The molecule has 0 fully saturated rings. The zero-order valence-corrected chi connectivity index (χ0v) is 16.9. The highest BCUT2D eigenvalue weighted by molar-refractivity contribution is 5.82. The fourth-order valence-corrected chi connectivity index (χ4v) is 3.13. The molecular formula is C21H32N4O. The van der Waals surface area contributed by atoms with E-state index >= 15 is 0 Å². The predicted molar refractivity (Wildman–Crippen MR) is 105 cm³/mol. The summed E-state index contributed by atoms with van der Waals surface area (Å²) in [6, 6.07) is 8.96. The third-order valence-corrected chi connectivity index (χ3v) is 5.77. The van der Waals surface area contributed by atoms with E-state index in [9.17, 15) is 10.1 Å². The van der Waals surface area contributed by atoms with Crippen LogP contribution in [0.25, 0.3) is 0 Å². The summed E-state index contributed by atoms with van der Waals surface area (Å²) in [6.07, 6.45) is 0. The van der Waals surface area contributed by atoms with Gasteiger partial charge in [-0.2, -0.15) is 5.26 Å². The maximum absolute atomic E-state index is 12.3. The molecule has 142 valence electrons. The van der Waals surface area contributed by atoms with E-state index in [1.807, 2.05) is 26.0 Å². The first kappa shape index (κ1) is 20.3. The minimum atomic E-state index is -0.846. The highest BCUT2D eigenvalue weighted by atomic mass is 16.2. The zero-order valence-electron chi connectivity index (χ0n) is 16.9. The van der Waals surface area contributed by atoms with Crippen LogP contribution in [-0.4, -0.2) is 28.9 Å². The summed E-state index contributed by atoms with van der Waals surface area (Å²) in [6.45, 7) is 14.4. The second kappa shape index (κ2) is 8.09. The van der Waals surface area contributed by atoms with Gasteiger partial charge in [0.15, 0.2) is 0 Å². The monoisotopic (exact) mass is 356 g/mol. The van der Waals surface area contributed by atoms with Crippen molar-refractivity contribution < 1.29 is 4.79 Å². The lowest BCUT2D eigenvalue weighted by molar-refractivity contribution is -0.121. The molecule has 5 nitrogen and oxygen atoms in total. The van der Waals surface area contributed by atoms with Crippen LogP contribution < -0.4 is 10.6 Å². The normalized spacial score (nSPS) is 17.5. The first-order valence-corrected chi connectivity index (χ1v) is 9.49. The van der Waals surface area contributed by atoms with Crippen LogP contribution in [0.1, 0.15) is 52.7 Å². The van der Waals surface area contributed by atoms with Gasteiger partial charge < -0.3 is 10.6 Å². The van der Waals surface area contributed by atoms with Gasteiger partial charge in [0.25, 0.3) is 0 Å². The van der Waals surface area contributed by atoms with Crippen LogP contribution in [0.4, 0.5) is 5.69 Å². The molecule has 2 rings (SSSR count). The number of anilines is 1. The second-order valence-electron chi connectivity index (χ2n) is 8.20. The first-order valence-electron chi connectivity index (χ1n) is 9.49. The molecule has 0 aromatic heterocycles.